The van der Waals surface area contributed by atoms with Crippen molar-refractivity contribution in [3.05, 3.63) is 59.4 Å². The molecule has 120 valence electrons. The first-order valence-electron chi connectivity index (χ1n) is 7.18. The van der Waals surface area contributed by atoms with E-state index in [0.717, 1.165) is 22.3 Å². The minimum Gasteiger partial charge on any atom is -0.406 e. The first kappa shape index (κ1) is 15.4. The van der Waals surface area contributed by atoms with E-state index in [2.05, 4.69) is 14.7 Å². The van der Waals surface area contributed by atoms with Gasteiger partial charge in [0.15, 0.2) is 0 Å². The Balaban J connectivity index is 1.76. The lowest BCUT2D eigenvalue weighted by Crippen LogP contribution is -2.18. The van der Waals surface area contributed by atoms with Crippen LogP contribution in [0.1, 0.15) is 16.8 Å². The number of benzene rings is 1. The van der Waals surface area contributed by atoms with E-state index in [1.54, 1.807) is 18.3 Å². The minimum absolute atomic E-state index is 0.147. The van der Waals surface area contributed by atoms with E-state index >= 15 is 0 Å². The Morgan fingerprint density at radius 2 is 1.91 bits per heavy atom. The highest BCUT2D eigenvalue weighted by atomic mass is 19.4. The van der Waals surface area contributed by atoms with Crippen LogP contribution in [-0.2, 0) is 12.8 Å². The molecule has 3 rings (SSSR count). The molecule has 0 fully saturated rings. The number of alkyl halides is 3. The number of fused-ring (bicyclic) bond motifs is 1. The fourth-order valence-electron chi connectivity index (χ4n) is 2.55. The van der Waals surface area contributed by atoms with Gasteiger partial charge in [-0.2, -0.15) is 0 Å². The maximum absolute atomic E-state index is 12.4. The van der Waals surface area contributed by atoms with Crippen molar-refractivity contribution < 1.29 is 17.9 Å². The molecule has 0 unspecified atom stereocenters. The Labute approximate surface area is 131 Å². The maximum Gasteiger partial charge on any atom is 0.573 e. The first-order chi connectivity index (χ1) is 10.9. The number of aromatic nitrogens is 2. The summed E-state index contributed by atoms with van der Waals surface area (Å²) in [5.74, 6) is -0.147. The summed E-state index contributed by atoms with van der Waals surface area (Å²) in [6, 6.07) is 10.2. The van der Waals surface area contributed by atoms with Crippen LogP contribution in [-0.4, -0.2) is 16.3 Å². The zero-order chi connectivity index (χ0) is 16.4. The molecule has 0 amide bonds. The zero-order valence-electron chi connectivity index (χ0n) is 12.4. The molecule has 1 N–H and O–H groups in total. The molecule has 0 aliphatic carbocycles. The predicted octanol–water partition coefficient (Wildman–Crippen LogP) is 4.56. The number of nitrogens with one attached hydrogen (secondary N) is 1. The summed E-state index contributed by atoms with van der Waals surface area (Å²) >= 11 is 0. The van der Waals surface area contributed by atoms with E-state index in [1.807, 2.05) is 19.1 Å². The molecule has 0 radical (unpaired) electrons. The van der Waals surface area contributed by atoms with Crippen LogP contribution in [0.25, 0.3) is 11.0 Å². The van der Waals surface area contributed by atoms with E-state index in [1.165, 1.54) is 12.1 Å². The van der Waals surface area contributed by atoms with Crippen molar-refractivity contribution in [2.45, 2.75) is 26.1 Å². The Hall–Kier alpha value is -2.50. The van der Waals surface area contributed by atoms with Crippen LogP contribution in [0.2, 0.25) is 0 Å². The lowest BCUT2D eigenvalue weighted by Gasteiger charge is -2.13. The molecule has 0 saturated heterocycles. The van der Waals surface area contributed by atoms with Gasteiger partial charge in [0.1, 0.15) is 11.4 Å². The second-order valence-corrected chi connectivity index (χ2v) is 5.39. The highest BCUT2D eigenvalue weighted by Crippen LogP contribution is 2.27. The van der Waals surface area contributed by atoms with Crippen LogP contribution in [0.4, 0.5) is 13.2 Å². The third kappa shape index (κ3) is 3.83. The van der Waals surface area contributed by atoms with E-state index < -0.39 is 6.36 Å². The Morgan fingerprint density at radius 3 is 2.70 bits per heavy atom. The predicted molar refractivity (Wildman–Crippen MR) is 81.4 cm³/mol. The number of H-pyrrole nitrogens is 1. The monoisotopic (exact) mass is 320 g/mol. The summed E-state index contributed by atoms with van der Waals surface area (Å²) in [6.07, 6.45) is -1.90. The van der Waals surface area contributed by atoms with Gasteiger partial charge < -0.3 is 9.72 Å². The second-order valence-electron chi connectivity index (χ2n) is 5.39. The van der Waals surface area contributed by atoms with Crippen molar-refractivity contribution in [1.29, 1.82) is 0 Å². The van der Waals surface area contributed by atoms with Crippen LogP contribution in [0.3, 0.4) is 0 Å². The normalized spacial score (nSPS) is 11.8. The van der Waals surface area contributed by atoms with Crippen LogP contribution in [0.5, 0.6) is 5.75 Å². The van der Waals surface area contributed by atoms with Gasteiger partial charge in [-0.05, 0) is 49.1 Å². The van der Waals surface area contributed by atoms with Crippen LogP contribution in [0, 0.1) is 6.92 Å². The fourth-order valence-corrected chi connectivity index (χ4v) is 2.55. The molecule has 0 aliphatic heterocycles. The number of aromatic amines is 1. The van der Waals surface area contributed by atoms with Crippen LogP contribution < -0.4 is 4.74 Å². The number of pyridine rings is 1. The molecule has 0 bridgehead atoms. The average molecular weight is 320 g/mol. The van der Waals surface area contributed by atoms with E-state index in [0.29, 0.717) is 18.4 Å². The van der Waals surface area contributed by atoms with Crippen molar-refractivity contribution in [3.8, 4) is 5.75 Å². The van der Waals surface area contributed by atoms with Crippen molar-refractivity contribution in [2.24, 2.45) is 0 Å². The van der Waals surface area contributed by atoms with Gasteiger partial charge in [-0.3, -0.25) is 0 Å². The molecule has 2 aromatic heterocycles. The quantitative estimate of drug-likeness (QED) is 0.765. The smallest absolute Gasteiger partial charge is 0.406 e. The van der Waals surface area contributed by atoms with Gasteiger partial charge in [0.25, 0.3) is 0 Å². The van der Waals surface area contributed by atoms with Crippen molar-refractivity contribution in [3.63, 3.8) is 0 Å². The van der Waals surface area contributed by atoms with E-state index in [-0.39, 0.29) is 5.75 Å². The van der Waals surface area contributed by atoms with Gasteiger partial charge >= 0.3 is 6.36 Å². The molecule has 0 atom stereocenters. The van der Waals surface area contributed by atoms with E-state index in [4.69, 9.17) is 0 Å². The standard InChI is InChI=1S/C17H15F3N2O/c1-11-8-14-9-12(10-21-16(14)22-11)6-7-13-4-2-3-5-15(13)23-17(18,19)20/h2-5,8-10H,6-7H2,1H3,(H,21,22). The summed E-state index contributed by atoms with van der Waals surface area (Å²) in [7, 11) is 0. The third-order valence-electron chi connectivity index (χ3n) is 3.54. The number of hydrogen-bond acceptors (Lipinski definition) is 2. The summed E-state index contributed by atoms with van der Waals surface area (Å²) in [4.78, 5) is 7.47. The van der Waals surface area contributed by atoms with Gasteiger partial charge in [0.05, 0.1) is 0 Å². The molecule has 0 aliphatic rings. The summed E-state index contributed by atoms with van der Waals surface area (Å²) in [5.41, 5.74) is 3.33. The highest BCUT2D eigenvalue weighted by Gasteiger charge is 2.31. The van der Waals surface area contributed by atoms with Gasteiger partial charge in [0, 0.05) is 17.3 Å². The van der Waals surface area contributed by atoms with Crippen LogP contribution in [0.15, 0.2) is 42.6 Å². The van der Waals surface area contributed by atoms with Gasteiger partial charge in [-0.25, -0.2) is 4.98 Å². The zero-order valence-corrected chi connectivity index (χ0v) is 12.4. The first-order valence-corrected chi connectivity index (χ1v) is 7.18. The Bertz CT molecular complexity index is 824. The number of ether oxygens (including phenoxy) is 1. The number of para-hydroxylation sites is 1. The molecule has 23 heavy (non-hydrogen) atoms. The fraction of sp³-hybridized carbons (Fsp3) is 0.235. The average Bonchev–Trinajstić information content (AvgIpc) is 2.84. The van der Waals surface area contributed by atoms with Crippen molar-refractivity contribution in [1.82, 2.24) is 9.97 Å². The Morgan fingerprint density at radius 1 is 1.13 bits per heavy atom. The van der Waals surface area contributed by atoms with Gasteiger partial charge in [-0.15, -0.1) is 13.2 Å². The molecule has 3 nitrogen and oxygen atoms in total. The SMILES string of the molecule is Cc1cc2cc(CCc3ccccc3OC(F)(F)F)cnc2[nH]1. The molecule has 2 heterocycles. The molecule has 3 aromatic rings. The van der Waals surface area contributed by atoms with Gasteiger partial charge in [0.2, 0.25) is 0 Å². The van der Waals surface area contributed by atoms with Crippen LogP contribution >= 0.6 is 0 Å². The largest absolute Gasteiger partial charge is 0.573 e. The second kappa shape index (κ2) is 5.95. The summed E-state index contributed by atoms with van der Waals surface area (Å²) < 4.78 is 41.4. The van der Waals surface area contributed by atoms with Crippen molar-refractivity contribution in [2.75, 3.05) is 0 Å². The molecular weight excluding hydrogens is 305 g/mol. The highest BCUT2D eigenvalue weighted by molar-refractivity contribution is 5.76. The molecule has 0 spiro atoms. The third-order valence-corrected chi connectivity index (χ3v) is 3.54. The molecule has 1 aromatic carbocycles. The van der Waals surface area contributed by atoms with Crippen molar-refractivity contribution >= 4 is 11.0 Å². The molecule has 6 heteroatoms. The maximum atomic E-state index is 12.4. The van der Waals surface area contributed by atoms with Gasteiger partial charge in [-0.1, -0.05) is 18.2 Å². The Kier molecular flexibility index (Phi) is 3.98. The number of rotatable bonds is 4. The molecular formula is C17H15F3N2O. The topological polar surface area (TPSA) is 37.9 Å². The summed E-state index contributed by atoms with van der Waals surface area (Å²) in [6.45, 7) is 1.95. The number of aryl methyl sites for hydroxylation is 3. The lowest BCUT2D eigenvalue weighted by atomic mass is 10.0. The van der Waals surface area contributed by atoms with E-state index in [9.17, 15) is 13.2 Å². The lowest BCUT2D eigenvalue weighted by molar-refractivity contribution is -0.274. The number of nitrogens with zero attached hydrogens (tertiary/aromatic N) is 1. The molecule has 0 saturated carbocycles. The minimum atomic E-state index is -4.68. The summed E-state index contributed by atoms with van der Waals surface area (Å²) in [5, 5.41) is 1.000. The number of halogens is 3. The number of hydrogen-bond donors (Lipinski definition) is 1.